The Morgan fingerprint density at radius 1 is 1.02 bits per heavy atom. The molecule has 0 fully saturated rings. The highest BCUT2D eigenvalue weighted by atomic mass is 19.1. The number of rotatable bonds is 7. The van der Waals surface area contributed by atoms with Crippen molar-refractivity contribution in [3.05, 3.63) is 84.2 Å². The van der Waals surface area contributed by atoms with Crippen molar-refractivity contribution in [3.8, 4) is 5.75 Å². The third-order valence-electron chi connectivity index (χ3n) is 7.10. The average molecular weight is 578 g/mol. The minimum absolute atomic E-state index is 0.00414. The summed E-state index contributed by atoms with van der Waals surface area (Å²) in [6.07, 6.45) is -0.525. The summed E-state index contributed by atoms with van der Waals surface area (Å²) in [4.78, 5) is 42.0. The fraction of sp³-hybridized carbons (Fsp3) is 0.323. The van der Waals surface area contributed by atoms with E-state index in [0.717, 1.165) is 0 Å². The van der Waals surface area contributed by atoms with Crippen LogP contribution in [-0.2, 0) is 11.2 Å². The summed E-state index contributed by atoms with van der Waals surface area (Å²) in [6.45, 7) is 3.97. The molecular formula is C31H36FN5O5. The van der Waals surface area contributed by atoms with Crippen LogP contribution in [0.2, 0.25) is 0 Å². The Morgan fingerprint density at radius 3 is 2.36 bits per heavy atom. The molecule has 0 spiro atoms. The summed E-state index contributed by atoms with van der Waals surface area (Å²) in [6, 6.07) is 18.3. The van der Waals surface area contributed by atoms with Gasteiger partial charge in [0.1, 0.15) is 17.7 Å². The molecule has 4 rings (SSSR count). The van der Waals surface area contributed by atoms with Gasteiger partial charge in [-0.05, 0) is 61.5 Å². The number of nitrogens with zero attached hydrogens (tertiary/aromatic N) is 2. The quantitative estimate of drug-likeness (QED) is 0.322. The second kappa shape index (κ2) is 13.8. The summed E-state index contributed by atoms with van der Waals surface area (Å²) < 4.78 is 19.7. The number of aliphatic hydroxyl groups excluding tert-OH is 1. The van der Waals surface area contributed by atoms with Crippen molar-refractivity contribution >= 4 is 35.0 Å². The Bertz CT molecular complexity index is 1390. The van der Waals surface area contributed by atoms with Gasteiger partial charge in [0.25, 0.3) is 0 Å². The number of fused-ring (bicyclic) bond motifs is 1. The van der Waals surface area contributed by atoms with Gasteiger partial charge < -0.3 is 35.6 Å². The zero-order chi connectivity index (χ0) is 30.2. The molecular weight excluding hydrogens is 541 g/mol. The van der Waals surface area contributed by atoms with Gasteiger partial charge in [-0.1, -0.05) is 25.1 Å². The number of benzene rings is 3. The van der Waals surface area contributed by atoms with E-state index >= 15 is 0 Å². The number of para-hydroxylation sites is 1. The monoisotopic (exact) mass is 577 g/mol. The van der Waals surface area contributed by atoms with Crippen LogP contribution in [0.15, 0.2) is 72.8 Å². The normalized spacial score (nSPS) is 17.5. The minimum atomic E-state index is -0.521. The van der Waals surface area contributed by atoms with E-state index in [-0.39, 0.29) is 31.4 Å². The van der Waals surface area contributed by atoms with E-state index < -0.39 is 30.0 Å². The van der Waals surface area contributed by atoms with E-state index in [9.17, 15) is 23.9 Å². The summed E-state index contributed by atoms with van der Waals surface area (Å²) in [5, 5.41) is 18.2. The van der Waals surface area contributed by atoms with Crippen LogP contribution in [0.3, 0.4) is 0 Å². The Balaban J connectivity index is 1.55. The number of anilines is 3. The molecule has 0 aromatic heterocycles. The molecule has 3 aromatic carbocycles. The number of nitrogens with one attached hydrogen (secondary N) is 3. The molecule has 1 aliphatic heterocycles. The lowest BCUT2D eigenvalue weighted by atomic mass is 10.0. The topological polar surface area (TPSA) is 123 Å². The van der Waals surface area contributed by atoms with Crippen LogP contribution in [0.4, 0.5) is 31.0 Å². The van der Waals surface area contributed by atoms with E-state index in [4.69, 9.17) is 4.74 Å². The maximum atomic E-state index is 13.4. The summed E-state index contributed by atoms with van der Waals surface area (Å²) >= 11 is 0. The predicted octanol–water partition coefficient (Wildman–Crippen LogP) is 4.78. The lowest BCUT2D eigenvalue weighted by Gasteiger charge is -2.34. The van der Waals surface area contributed by atoms with Gasteiger partial charge in [0.2, 0.25) is 5.91 Å². The van der Waals surface area contributed by atoms with Crippen molar-refractivity contribution < 1.29 is 28.6 Å². The molecule has 5 amide bonds. The molecule has 11 heteroatoms. The maximum Gasteiger partial charge on any atom is 0.323 e. The first-order chi connectivity index (χ1) is 20.1. The van der Waals surface area contributed by atoms with Gasteiger partial charge in [0.15, 0.2) is 0 Å². The van der Waals surface area contributed by atoms with Gasteiger partial charge in [-0.3, -0.25) is 4.79 Å². The second-order valence-corrected chi connectivity index (χ2v) is 10.5. The Hall–Kier alpha value is -4.64. The van der Waals surface area contributed by atoms with Gasteiger partial charge in [-0.15, -0.1) is 0 Å². The van der Waals surface area contributed by atoms with Crippen LogP contribution in [0, 0.1) is 11.7 Å². The molecule has 0 radical (unpaired) electrons. The van der Waals surface area contributed by atoms with Gasteiger partial charge in [0.05, 0.1) is 25.6 Å². The van der Waals surface area contributed by atoms with Gasteiger partial charge in [-0.2, -0.15) is 0 Å². The molecule has 0 saturated carbocycles. The fourth-order valence-electron chi connectivity index (χ4n) is 4.65. The highest BCUT2D eigenvalue weighted by molar-refractivity contribution is 6.00. The molecule has 222 valence electrons. The minimum Gasteiger partial charge on any atom is -0.488 e. The number of urea groups is 2. The first-order valence-corrected chi connectivity index (χ1v) is 13.7. The largest absolute Gasteiger partial charge is 0.488 e. The molecule has 1 heterocycles. The van der Waals surface area contributed by atoms with Crippen LogP contribution < -0.4 is 20.7 Å². The molecule has 3 atom stereocenters. The lowest BCUT2D eigenvalue weighted by molar-refractivity contribution is -0.134. The maximum absolute atomic E-state index is 13.4. The molecule has 1 aliphatic rings. The van der Waals surface area contributed by atoms with Gasteiger partial charge in [0, 0.05) is 42.1 Å². The molecule has 0 unspecified atom stereocenters. The number of amides is 5. The van der Waals surface area contributed by atoms with E-state index in [1.165, 1.54) is 29.2 Å². The zero-order valence-electron chi connectivity index (χ0n) is 23.8. The molecule has 0 saturated heterocycles. The van der Waals surface area contributed by atoms with Crippen LogP contribution in [0.5, 0.6) is 5.75 Å². The van der Waals surface area contributed by atoms with Gasteiger partial charge in [-0.25, -0.2) is 14.0 Å². The SMILES string of the molecule is C[C@H]1CN([C@@H](C)CO)C(=O)Cc2cc(NC(=O)Nc3ccccc3)ccc2O[C@H]1CN(C)C(=O)Nc1ccc(F)cc1. The first-order valence-electron chi connectivity index (χ1n) is 13.7. The summed E-state index contributed by atoms with van der Waals surface area (Å²) in [5.74, 6) is -0.356. The van der Waals surface area contributed by atoms with Crippen LogP contribution in [0.1, 0.15) is 19.4 Å². The number of halogens is 1. The zero-order valence-corrected chi connectivity index (χ0v) is 23.8. The number of hydrogen-bond donors (Lipinski definition) is 4. The van der Waals surface area contributed by atoms with Crippen molar-refractivity contribution in [1.82, 2.24) is 9.80 Å². The number of likely N-dealkylation sites (N-methyl/N-ethyl adjacent to an activating group) is 1. The Morgan fingerprint density at radius 2 is 1.67 bits per heavy atom. The Labute approximate surface area is 244 Å². The second-order valence-electron chi connectivity index (χ2n) is 10.5. The van der Waals surface area contributed by atoms with Gasteiger partial charge >= 0.3 is 12.1 Å². The number of ether oxygens (including phenoxy) is 1. The van der Waals surface area contributed by atoms with Crippen LogP contribution in [0.25, 0.3) is 0 Å². The summed E-state index contributed by atoms with van der Waals surface area (Å²) in [7, 11) is 1.63. The van der Waals surface area contributed by atoms with Crippen molar-refractivity contribution in [3.63, 3.8) is 0 Å². The van der Waals surface area contributed by atoms with E-state index in [2.05, 4.69) is 16.0 Å². The third-order valence-corrected chi connectivity index (χ3v) is 7.10. The average Bonchev–Trinajstić information content (AvgIpc) is 3.01. The number of carbonyl (C=O) groups is 3. The van der Waals surface area contributed by atoms with Crippen molar-refractivity contribution in [2.45, 2.75) is 32.4 Å². The molecule has 3 aromatic rings. The predicted molar refractivity (Wildman–Crippen MR) is 159 cm³/mol. The van der Waals surface area contributed by atoms with Crippen molar-refractivity contribution in [2.24, 2.45) is 5.92 Å². The molecule has 4 N–H and O–H groups in total. The smallest absolute Gasteiger partial charge is 0.323 e. The van der Waals surface area contributed by atoms with Crippen LogP contribution >= 0.6 is 0 Å². The number of carbonyl (C=O) groups excluding carboxylic acids is 3. The molecule has 10 nitrogen and oxygen atoms in total. The molecule has 42 heavy (non-hydrogen) atoms. The van der Waals surface area contributed by atoms with E-state index in [1.807, 2.05) is 25.1 Å². The highest BCUT2D eigenvalue weighted by Gasteiger charge is 2.32. The summed E-state index contributed by atoms with van der Waals surface area (Å²) in [5.41, 5.74) is 2.12. The molecule has 0 bridgehead atoms. The van der Waals surface area contributed by atoms with E-state index in [0.29, 0.717) is 34.9 Å². The molecule has 0 aliphatic carbocycles. The standard InChI is InChI=1S/C31H36FN5O5/c1-20-17-37(21(2)19-38)29(39)16-22-15-26(34-30(40)33-24-7-5-4-6-8-24)13-14-27(22)42-28(20)18-36(3)31(41)35-25-11-9-23(32)10-12-25/h4-15,20-21,28,38H,16-19H2,1-3H3,(H,35,41)(H2,33,34,40)/t20-,21-,28-/m0/s1. The Kier molecular flexibility index (Phi) is 9.98. The number of hydrogen-bond acceptors (Lipinski definition) is 5. The fourth-order valence-corrected chi connectivity index (χ4v) is 4.65. The lowest BCUT2D eigenvalue weighted by Crippen LogP contribution is -2.48. The highest BCUT2D eigenvalue weighted by Crippen LogP contribution is 2.29. The van der Waals surface area contributed by atoms with Crippen molar-refractivity contribution in [2.75, 3.05) is 42.7 Å². The van der Waals surface area contributed by atoms with Crippen molar-refractivity contribution in [1.29, 1.82) is 0 Å². The number of aliphatic hydroxyl groups is 1. The van der Waals surface area contributed by atoms with Crippen LogP contribution in [-0.4, -0.2) is 71.8 Å². The third kappa shape index (κ3) is 7.97. The van der Waals surface area contributed by atoms with E-state index in [1.54, 1.807) is 49.2 Å². The first kappa shape index (κ1) is 30.3.